The number of rotatable bonds is 35. The molecule has 49 heavy (non-hydrogen) atoms. The van der Waals surface area contributed by atoms with Gasteiger partial charge in [-0.05, 0) is 51.6 Å². The maximum absolute atomic E-state index is 12.5. The number of carbonyl (C=O) groups is 1. The van der Waals surface area contributed by atoms with Crippen molar-refractivity contribution in [2.75, 3.05) is 53.6 Å². The predicted octanol–water partition coefficient (Wildman–Crippen LogP) is 11.1. The smallest absolute Gasteiger partial charge is 0.407 e. The highest BCUT2D eigenvalue weighted by Gasteiger charge is 2.40. The van der Waals surface area contributed by atoms with Crippen LogP contribution in [0, 0.1) is 11.8 Å². The van der Waals surface area contributed by atoms with Gasteiger partial charge < -0.3 is 29.2 Å². The Kier molecular flexibility index (Phi) is 31.0. The zero-order chi connectivity index (χ0) is 35.8. The van der Waals surface area contributed by atoms with Crippen LogP contribution in [0.3, 0.4) is 0 Å². The van der Waals surface area contributed by atoms with E-state index in [9.17, 15) is 4.79 Å². The Bertz CT molecular complexity index is 723. The summed E-state index contributed by atoms with van der Waals surface area (Å²) in [7, 11) is 3.99. The minimum atomic E-state index is -0.392. The van der Waals surface area contributed by atoms with Crippen molar-refractivity contribution in [2.45, 2.75) is 200 Å². The second-order valence-corrected chi connectivity index (χ2v) is 15.4. The monoisotopic (exact) mass is 697 g/mol. The predicted molar refractivity (Wildman–Crippen MR) is 208 cm³/mol. The summed E-state index contributed by atoms with van der Waals surface area (Å²) in [5.41, 5.74) is 0. The standard InChI is InChI=1S/C42H84N2O5/c1-7-11-15-19-21-25-29-37(27-23-17-13-9-3)33-46-39-35-47-40(36-49-42(45)43-31-32-44(5)6)41(39)48-34-38(28-24-18-14-10-4)30-26-22-20-16-12-8-2/h37-41H,7-36H2,1-6H3,(H,43,45)/t37?,38?,39-,40+,41+/m0/s1. The van der Waals surface area contributed by atoms with Crippen molar-refractivity contribution in [3.63, 3.8) is 0 Å². The highest BCUT2D eigenvalue weighted by atomic mass is 16.6. The molecule has 2 unspecified atom stereocenters. The average Bonchev–Trinajstić information content (AvgIpc) is 3.48. The zero-order valence-corrected chi connectivity index (χ0v) is 33.6. The summed E-state index contributed by atoms with van der Waals surface area (Å²) in [6.07, 6.45) is 30.2. The van der Waals surface area contributed by atoms with Crippen LogP contribution in [0.25, 0.3) is 0 Å². The molecule has 1 rings (SSSR count). The van der Waals surface area contributed by atoms with Crippen molar-refractivity contribution in [3.05, 3.63) is 0 Å². The highest BCUT2D eigenvalue weighted by Crippen LogP contribution is 2.27. The first-order valence-corrected chi connectivity index (χ1v) is 21.3. The number of ether oxygens (including phenoxy) is 4. The van der Waals surface area contributed by atoms with E-state index >= 15 is 0 Å². The number of nitrogens with zero attached hydrogens (tertiary/aromatic N) is 1. The molecule has 1 saturated heterocycles. The number of unbranched alkanes of at least 4 members (excludes halogenated alkanes) is 16. The molecule has 0 aliphatic carbocycles. The number of hydrogen-bond donors (Lipinski definition) is 1. The molecule has 0 bridgehead atoms. The lowest BCUT2D eigenvalue weighted by atomic mass is 9.94. The van der Waals surface area contributed by atoms with Gasteiger partial charge in [0.2, 0.25) is 0 Å². The van der Waals surface area contributed by atoms with Gasteiger partial charge in [0.1, 0.15) is 24.9 Å². The SMILES string of the molecule is CCCCCCCCC(CCCCCC)CO[C@@H]1[C@@H](OCC(CCCCCC)CCCCCCCC)CO[C@@H]1COC(=O)NCCN(C)C. The van der Waals surface area contributed by atoms with Crippen LogP contribution in [-0.4, -0.2) is 82.9 Å². The maximum Gasteiger partial charge on any atom is 0.407 e. The van der Waals surface area contributed by atoms with Gasteiger partial charge in [-0.25, -0.2) is 4.79 Å². The normalized spacial score (nSPS) is 19.0. The summed E-state index contributed by atoms with van der Waals surface area (Å²) in [5, 5.41) is 2.86. The minimum absolute atomic E-state index is 0.122. The first-order chi connectivity index (χ1) is 23.9. The Labute approximate surface area is 305 Å². The highest BCUT2D eigenvalue weighted by molar-refractivity contribution is 5.67. The third-order valence-corrected chi connectivity index (χ3v) is 10.3. The molecule has 292 valence electrons. The molecule has 0 aromatic heterocycles. The summed E-state index contributed by atoms with van der Waals surface area (Å²) in [5.74, 6) is 1.14. The summed E-state index contributed by atoms with van der Waals surface area (Å²) in [4.78, 5) is 14.5. The number of carbonyl (C=O) groups excluding carboxylic acids is 1. The van der Waals surface area contributed by atoms with Crippen LogP contribution in [0.2, 0.25) is 0 Å². The van der Waals surface area contributed by atoms with Gasteiger partial charge in [-0.2, -0.15) is 0 Å². The molecule has 7 nitrogen and oxygen atoms in total. The van der Waals surface area contributed by atoms with E-state index in [1.807, 2.05) is 19.0 Å². The number of amides is 1. The maximum atomic E-state index is 12.5. The summed E-state index contributed by atoms with van der Waals surface area (Å²) >= 11 is 0. The summed E-state index contributed by atoms with van der Waals surface area (Å²) in [6.45, 7) is 12.7. The van der Waals surface area contributed by atoms with E-state index in [2.05, 4.69) is 33.0 Å². The topological polar surface area (TPSA) is 69.3 Å². The molecule has 0 aromatic rings. The molecule has 0 spiro atoms. The number of hydrogen-bond acceptors (Lipinski definition) is 6. The summed E-state index contributed by atoms with van der Waals surface area (Å²) < 4.78 is 25.5. The zero-order valence-electron chi connectivity index (χ0n) is 33.6. The number of likely N-dealkylation sites (N-methyl/N-ethyl adjacent to an activating group) is 1. The second-order valence-electron chi connectivity index (χ2n) is 15.4. The van der Waals surface area contributed by atoms with E-state index in [1.165, 1.54) is 154 Å². The molecule has 0 saturated carbocycles. The van der Waals surface area contributed by atoms with E-state index in [4.69, 9.17) is 18.9 Å². The quantitative estimate of drug-likeness (QED) is 0.0665. The van der Waals surface area contributed by atoms with Gasteiger partial charge in [0.05, 0.1) is 19.8 Å². The Balaban J connectivity index is 2.87. The van der Waals surface area contributed by atoms with Crippen molar-refractivity contribution < 1.29 is 23.7 Å². The van der Waals surface area contributed by atoms with Gasteiger partial charge in [-0.1, -0.05) is 156 Å². The van der Waals surface area contributed by atoms with Crippen LogP contribution in [0.1, 0.15) is 182 Å². The van der Waals surface area contributed by atoms with Crippen LogP contribution in [-0.2, 0) is 18.9 Å². The van der Waals surface area contributed by atoms with E-state index in [0.29, 0.717) is 25.0 Å². The van der Waals surface area contributed by atoms with Gasteiger partial charge in [0, 0.05) is 13.1 Å². The van der Waals surface area contributed by atoms with Gasteiger partial charge in [0.15, 0.2) is 0 Å². The molecule has 1 aliphatic heterocycles. The lowest BCUT2D eigenvalue weighted by molar-refractivity contribution is -0.0873. The lowest BCUT2D eigenvalue weighted by Crippen LogP contribution is -2.41. The van der Waals surface area contributed by atoms with E-state index in [1.54, 1.807) is 0 Å². The third kappa shape index (κ3) is 25.7. The van der Waals surface area contributed by atoms with Crippen molar-refractivity contribution in [1.29, 1.82) is 0 Å². The molecular formula is C42H84N2O5. The van der Waals surface area contributed by atoms with Crippen LogP contribution in [0.5, 0.6) is 0 Å². The third-order valence-electron chi connectivity index (χ3n) is 10.3. The Morgan fingerprint density at radius 3 is 1.55 bits per heavy atom. The van der Waals surface area contributed by atoms with Crippen molar-refractivity contribution in [2.24, 2.45) is 11.8 Å². The molecule has 1 aliphatic rings. The van der Waals surface area contributed by atoms with Crippen LogP contribution in [0.15, 0.2) is 0 Å². The number of nitrogens with one attached hydrogen (secondary N) is 1. The van der Waals surface area contributed by atoms with Crippen LogP contribution >= 0.6 is 0 Å². The lowest BCUT2D eigenvalue weighted by Gasteiger charge is -2.27. The van der Waals surface area contributed by atoms with E-state index in [0.717, 1.165) is 19.8 Å². The fraction of sp³-hybridized carbons (Fsp3) is 0.976. The van der Waals surface area contributed by atoms with Gasteiger partial charge in [-0.3, -0.25) is 0 Å². The molecular weight excluding hydrogens is 612 g/mol. The largest absolute Gasteiger partial charge is 0.447 e. The van der Waals surface area contributed by atoms with E-state index in [-0.39, 0.29) is 24.9 Å². The molecule has 1 amide bonds. The summed E-state index contributed by atoms with van der Waals surface area (Å²) in [6, 6.07) is 0. The molecule has 0 aromatic carbocycles. The molecule has 1 heterocycles. The first kappa shape index (κ1) is 46.1. The average molecular weight is 697 g/mol. The van der Waals surface area contributed by atoms with Crippen molar-refractivity contribution in [3.8, 4) is 0 Å². The molecule has 1 fully saturated rings. The minimum Gasteiger partial charge on any atom is -0.447 e. The Morgan fingerprint density at radius 2 is 1.08 bits per heavy atom. The molecule has 1 N–H and O–H groups in total. The molecule has 0 radical (unpaired) electrons. The first-order valence-electron chi connectivity index (χ1n) is 21.3. The van der Waals surface area contributed by atoms with Crippen LogP contribution in [0.4, 0.5) is 4.79 Å². The fourth-order valence-corrected chi connectivity index (χ4v) is 7.01. The van der Waals surface area contributed by atoms with E-state index < -0.39 is 6.09 Å². The fourth-order valence-electron chi connectivity index (χ4n) is 7.01. The Morgan fingerprint density at radius 1 is 0.653 bits per heavy atom. The van der Waals surface area contributed by atoms with Crippen molar-refractivity contribution in [1.82, 2.24) is 10.2 Å². The van der Waals surface area contributed by atoms with Gasteiger partial charge >= 0.3 is 6.09 Å². The molecule has 5 atom stereocenters. The van der Waals surface area contributed by atoms with Gasteiger partial charge in [0.25, 0.3) is 0 Å². The molecule has 7 heteroatoms. The Hall–Kier alpha value is -0.890. The second kappa shape index (κ2) is 33.0. The number of alkyl carbamates (subject to hydrolysis) is 1. The van der Waals surface area contributed by atoms with Crippen molar-refractivity contribution >= 4 is 6.09 Å². The van der Waals surface area contributed by atoms with Gasteiger partial charge in [-0.15, -0.1) is 0 Å². The van der Waals surface area contributed by atoms with Crippen LogP contribution < -0.4 is 5.32 Å².